The summed E-state index contributed by atoms with van der Waals surface area (Å²) in [6.45, 7) is 8.23. The maximum Gasteiger partial charge on any atom is 0.113 e. The minimum atomic E-state index is 0.443. The minimum absolute atomic E-state index is 0.443. The molecule has 3 rings (SSSR count). The lowest BCUT2D eigenvalue weighted by atomic mass is 9.69. The van der Waals surface area contributed by atoms with Crippen molar-refractivity contribution < 1.29 is 0 Å². The molecule has 1 aromatic rings. The Bertz CT molecular complexity index is 456. The summed E-state index contributed by atoms with van der Waals surface area (Å²) < 4.78 is 0.784. The van der Waals surface area contributed by atoms with Gasteiger partial charge in [-0.05, 0) is 36.0 Å². The Labute approximate surface area is 118 Å². The van der Waals surface area contributed by atoms with Crippen molar-refractivity contribution in [1.29, 1.82) is 0 Å². The molecule has 4 heteroatoms. The standard InChI is InChI=1S/C14H21ClN2S/c1-13(2)9-4-5-14(13,3)10(6-9)16-8-12-17-7-11(15)18-12/h7,9-10,16H,4-6,8H2,1-3H3. The third-order valence-electron chi connectivity index (χ3n) is 5.82. The van der Waals surface area contributed by atoms with Gasteiger partial charge in [0.15, 0.2) is 0 Å². The van der Waals surface area contributed by atoms with Gasteiger partial charge in [0, 0.05) is 12.6 Å². The van der Waals surface area contributed by atoms with Crippen LogP contribution in [0.25, 0.3) is 0 Å². The normalized spacial score (nSPS) is 37.3. The lowest BCUT2D eigenvalue weighted by molar-refractivity contribution is 0.120. The Morgan fingerprint density at radius 2 is 2.28 bits per heavy atom. The van der Waals surface area contributed by atoms with E-state index in [4.69, 9.17) is 11.6 Å². The second kappa shape index (κ2) is 4.19. The molecule has 0 aromatic carbocycles. The molecule has 0 aliphatic heterocycles. The number of aromatic nitrogens is 1. The van der Waals surface area contributed by atoms with Crippen molar-refractivity contribution in [2.24, 2.45) is 16.7 Å². The first-order chi connectivity index (χ1) is 8.43. The number of halogens is 1. The molecule has 1 aromatic heterocycles. The minimum Gasteiger partial charge on any atom is -0.307 e. The second-order valence-electron chi connectivity index (χ2n) is 6.60. The molecular formula is C14H21ClN2S. The van der Waals surface area contributed by atoms with Crippen molar-refractivity contribution in [3.05, 3.63) is 15.5 Å². The van der Waals surface area contributed by atoms with Crippen molar-refractivity contribution in [3.8, 4) is 0 Å². The maximum atomic E-state index is 5.92. The molecule has 2 bridgehead atoms. The molecule has 0 saturated heterocycles. The molecule has 18 heavy (non-hydrogen) atoms. The Morgan fingerprint density at radius 3 is 2.78 bits per heavy atom. The zero-order chi connectivity index (χ0) is 13.0. The smallest absolute Gasteiger partial charge is 0.113 e. The van der Waals surface area contributed by atoms with Crippen LogP contribution in [0.5, 0.6) is 0 Å². The molecular weight excluding hydrogens is 264 g/mol. The van der Waals surface area contributed by atoms with Gasteiger partial charge >= 0.3 is 0 Å². The van der Waals surface area contributed by atoms with E-state index in [9.17, 15) is 0 Å². The van der Waals surface area contributed by atoms with Crippen LogP contribution in [0.4, 0.5) is 0 Å². The van der Waals surface area contributed by atoms with Crippen molar-refractivity contribution in [2.45, 2.75) is 52.6 Å². The van der Waals surface area contributed by atoms with E-state index < -0.39 is 0 Å². The van der Waals surface area contributed by atoms with Crippen LogP contribution in [0.2, 0.25) is 4.34 Å². The zero-order valence-corrected chi connectivity index (χ0v) is 12.9. The molecule has 0 amide bonds. The highest BCUT2D eigenvalue weighted by Gasteiger charge is 2.60. The van der Waals surface area contributed by atoms with Gasteiger partial charge < -0.3 is 5.32 Å². The summed E-state index contributed by atoms with van der Waals surface area (Å²) in [5.74, 6) is 0.889. The maximum absolute atomic E-state index is 5.92. The number of thiazole rings is 1. The first-order valence-electron chi connectivity index (χ1n) is 6.77. The van der Waals surface area contributed by atoms with E-state index >= 15 is 0 Å². The number of nitrogens with one attached hydrogen (secondary N) is 1. The summed E-state index contributed by atoms with van der Waals surface area (Å²) in [5.41, 5.74) is 0.921. The van der Waals surface area contributed by atoms with E-state index in [2.05, 4.69) is 31.1 Å². The first-order valence-corrected chi connectivity index (χ1v) is 7.96. The van der Waals surface area contributed by atoms with E-state index in [1.165, 1.54) is 19.3 Å². The SMILES string of the molecule is CC1(C)C2CCC1(C)C(NCc1ncc(Cl)s1)C2. The summed E-state index contributed by atoms with van der Waals surface area (Å²) in [5, 5.41) is 4.83. The molecule has 2 saturated carbocycles. The fourth-order valence-electron chi connectivity index (χ4n) is 4.09. The first kappa shape index (κ1) is 12.9. The summed E-state index contributed by atoms with van der Waals surface area (Å²) >= 11 is 7.50. The van der Waals surface area contributed by atoms with Gasteiger partial charge in [0.1, 0.15) is 9.34 Å². The van der Waals surface area contributed by atoms with Gasteiger partial charge in [-0.3, -0.25) is 0 Å². The van der Waals surface area contributed by atoms with Crippen LogP contribution in [0.3, 0.4) is 0 Å². The summed E-state index contributed by atoms with van der Waals surface area (Å²) in [7, 11) is 0. The highest BCUT2D eigenvalue weighted by molar-refractivity contribution is 7.15. The number of hydrogen-bond donors (Lipinski definition) is 1. The molecule has 1 N–H and O–H groups in total. The van der Waals surface area contributed by atoms with Crippen LogP contribution in [-0.2, 0) is 6.54 Å². The molecule has 2 aliphatic carbocycles. The Morgan fingerprint density at radius 1 is 1.50 bits per heavy atom. The van der Waals surface area contributed by atoms with Gasteiger partial charge in [-0.15, -0.1) is 11.3 Å². The van der Waals surface area contributed by atoms with Crippen LogP contribution in [0.15, 0.2) is 6.20 Å². The fourth-order valence-corrected chi connectivity index (χ4v) is 5.00. The molecule has 3 atom stereocenters. The van der Waals surface area contributed by atoms with Gasteiger partial charge in [0.2, 0.25) is 0 Å². The predicted molar refractivity (Wildman–Crippen MR) is 77.0 cm³/mol. The molecule has 1 heterocycles. The van der Waals surface area contributed by atoms with Crippen molar-refractivity contribution in [2.75, 3.05) is 0 Å². The topological polar surface area (TPSA) is 24.9 Å². The predicted octanol–water partition coefficient (Wildman–Crippen LogP) is 4.10. The molecule has 100 valence electrons. The molecule has 2 aliphatic rings. The van der Waals surface area contributed by atoms with Crippen molar-refractivity contribution >= 4 is 22.9 Å². The average Bonchev–Trinajstić information content (AvgIpc) is 2.87. The molecule has 0 spiro atoms. The quantitative estimate of drug-likeness (QED) is 0.904. The lowest BCUT2D eigenvalue weighted by Crippen LogP contribution is -2.44. The third kappa shape index (κ3) is 1.75. The number of fused-ring (bicyclic) bond motifs is 2. The Balaban J connectivity index is 1.69. The van der Waals surface area contributed by atoms with Crippen LogP contribution in [-0.4, -0.2) is 11.0 Å². The van der Waals surface area contributed by atoms with Gasteiger partial charge in [0.25, 0.3) is 0 Å². The highest BCUT2D eigenvalue weighted by Crippen LogP contribution is 2.65. The van der Waals surface area contributed by atoms with Crippen LogP contribution in [0.1, 0.15) is 45.0 Å². The second-order valence-corrected chi connectivity index (χ2v) is 8.35. The lowest BCUT2D eigenvalue weighted by Gasteiger charge is -2.39. The molecule has 0 radical (unpaired) electrons. The van der Waals surface area contributed by atoms with E-state index in [1.54, 1.807) is 17.5 Å². The number of nitrogens with zero attached hydrogens (tertiary/aromatic N) is 1. The monoisotopic (exact) mass is 284 g/mol. The van der Waals surface area contributed by atoms with Crippen molar-refractivity contribution in [3.63, 3.8) is 0 Å². The fraction of sp³-hybridized carbons (Fsp3) is 0.786. The van der Waals surface area contributed by atoms with E-state index in [0.29, 0.717) is 16.9 Å². The van der Waals surface area contributed by atoms with Gasteiger partial charge in [0.05, 0.1) is 6.20 Å². The van der Waals surface area contributed by atoms with E-state index in [1.807, 2.05) is 0 Å². The van der Waals surface area contributed by atoms with Gasteiger partial charge in [-0.25, -0.2) is 4.98 Å². The summed E-state index contributed by atoms with van der Waals surface area (Å²) in [4.78, 5) is 4.32. The van der Waals surface area contributed by atoms with Gasteiger partial charge in [-0.2, -0.15) is 0 Å². The van der Waals surface area contributed by atoms with Crippen LogP contribution >= 0.6 is 22.9 Å². The van der Waals surface area contributed by atoms with E-state index in [0.717, 1.165) is 21.8 Å². The third-order valence-corrected chi connectivity index (χ3v) is 6.93. The molecule has 2 nitrogen and oxygen atoms in total. The number of rotatable bonds is 3. The average molecular weight is 285 g/mol. The Kier molecular flexibility index (Phi) is 3.00. The van der Waals surface area contributed by atoms with Crippen molar-refractivity contribution in [1.82, 2.24) is 10.3 Å². The molecule has 2 fully saturated rings. The largest absolute Gasteiger partial charge is 0.307 e. The van der Waals surface area contributed by atoms with E-state index in [-0.39, 0.29) is 0 Å². The number of hydrogen-bond acceptors (Lipinski definition) is 3. The zero-order valence-electron chi connectivity index (χ0n) is 11.3. The summed E-state index contributed by atoms with van der Waals surface area (Å²) in [6.07, 6.45) is 5.84. The van der Waals surface area contributed by atoms with Gasteiger partial charge in [-0.1, -0.05) is 32.4 Å². The molecule has 3 unspecified atom stereocenters. The summed E-state index contributed by atoms with van der Waals surface area (Å²) in [6, 6.07) is 0.633. The Hall–Kier alpha value is -0.120. The van der Waals surface area contributed by atoms with Crippen LogP contribution < -0.4 is 5.32 Å². The van der Waals surface area contributed by atoms with Crippen LogP contribution in [0, 0.1) is 16.7 Å². The highest BCUT2D eigenvalue weighted by atomic mass is 35.5.